The molecule has 0 spiro atoms. The van der Waals surface area contributed by atoms with Crippen LogP contribution in [0.1, 0.15) is 36.8 Å². The second-order valence-electron chi connectivity index (χ2n) is 9.26. The minimum absolute atomic E-state index is 0.0492. The highest BCUT2D eigenvalue weighted by atomic mass is 35.5. The van der Waals surface area contributed by atoms with Crippen molar-refractivity contribution in [1.82, 2.24) is 10.2 Å². The van der Waals surface area contributed by atoms with Gasteiger partial charge >= 0.3 is 0 Å². The van der Waals surface area contributed by atoms with Gasteiger partial charge in [-0.05, 0) is 55.5 Å². The van der Waals surface area contributed by atoms with E-state index >= 15 is 0 Å². The molecule has 2 amide bonds. The first-order valence-electron chi connectivity index (χ1n) is 11.7. The zero-order chi connectivity index (χ0) is 24.3. The molecule has 1 unspecified atom stereocenters. The molecule has 6 nitrogen and oxygen atoms in total. The number of rotatable bonds is 7. The number of hydrogen-bond donors (Lipinski definition) is 1. The van der Waals surface area contributed by atoms with Gasteiger partial charge in [0, 0.05) is 61.3 Å². The van der Waals surface area contributed by atoms with Crippen LogP contribution in [0, 0.1) is 12.7 Å². The lowest BCUT2D eigenvalue weighted by Gasteiger charge is -2.37. The lowest BCUT2D eigenvalue weighted by Crippen LogP contribution is -2.50. The Hall–Kier alpha value is -2.80. The Bertz CT molecular complexity index is 1070. The molecular weight excluding hydrogens is 457 g/mol. The third kappa shape index (κ3) is 5.46. The van der Waals surface area contributed by atoms with E-state index in [9.17, 15) is 14.0 Å². The van der Waals surface area contributed by atoms with Gasteiger partial charge < -0.3 is 19.9 Å². The number of halogens is 2. The van der Waals surface area contributed by atoms with E-state index in [2.05, 4.69) is 17.1 Å². The van der Waals surface area contributed by atoms with Gasteiger partial charge in [0.2, 0.25) is 11.8 Å². The molecule has 0 bridgehead atoms. The van der Waals surface area contributed by atoms with E-state index in [1.54, 1.807) is 12.1 Å². The Balaban J connectivity index is 1.36. The highest BCUT2D eigenvalue weighted by Gasteiger charge is 2.39. The van der Waals surface area contributed by atoms with Gasteiger partial charge in [-0.1, -0.05) is 23.7 Å². The summed E-state index contributed by atoms with van der Waals surface area (Å²) in [5, 5.41) is 3.75. The van der Waals surface area contributed by atoms with Crippen LogP contribution in [0.25, 0.3) is 0 Å². The molecule has 0 saturated carbocycles. The summed E-state index contributed by atoms with van der Waals surface area (Å²) in [5.41, 5.74) is 2.17. The van der Waals surface area contributed by atoms with Gasteiger partial charge in [0.05, 0.1) is 7.11 Å². The van der Waals surface area contributed by atoms with Crippen LogP contribution in [0.15, 0.2) is 36.4 Å². The van der Waals surface area contributed by atoms with E-state index < -0.39 is 5.54 Å². The highest BCUT2D eigenvalue weighted by Crippen LogP contribution is 2.32. The summed E-state index contributed by atoms with van der Waals surface area (Å²) < 4.78 is 19.7. The third-order valence-electron chi connectivity index (χ3n) is 6.99. The molecule has 2 aliphatic rings. The van der Waals surface area contributed by atoms with Crippen molar-refractivity contribution in [2.45, 2.75) is 44.6 Å². The number of nitrogens with zero attached hydrogens (tertiary/aromatic N) is 2. The smallest absolute Gasteiger partial charge is 0.222 e. The SMILES string of the molecule is COc1ccc(CC2(CCC(=O)N3CCN(c4cc(Cl)ccc4C)CC3)CCC(=O)N2)c(F)c1. The van der Waals surface area contributed by atoms with Gasteiger partial charge in [0.15, 0.2) is 0 Å². The van der Waals surface area contributed by atoms with E-state index in [0.717, 1.165) is 24.3 Å². The number of hydrogen-bond acceptors (Lipinski definition) is 4. The number of piperazine rings is 1. The highest BCUT2D eigenvalue weighted by molar-refractivity contribution is 6.30. The van der Waals surface area contributed by atoms with Gasteiger partial charge in [0.25, 0.3) is 0 Å². The van der Waals surface area contributed by atoms with Crippen molar-refractivity contribution >= 4 is 29.1 Å². The van der Waals surface area contributed by atoms with Gasteiger partial charge in [-0.15, -0.1) is 0 Å². The molecule has 0 aliphatic carbocycles. The zero-order valence-corrected chi connectivity index (χ0v) is 20.5. The molecule has 182 valence electrons. The monoisotopic (exact) mass is 487 g/mol. The van der Waals surface area contributed by atoms with Crippen LogP contribution >= 0.6 is 11.6 Å². The summed E-state index contributed by atoms with van der Waals surface area (Å²) in [4.78, 5) is 29.2. The lowest BCUT2D eigenvalue weighted by molar-refractivity contribution is -0.132. The summed E-state index contributed by atoms with van der Waals surface area (Å²) in [6.45, 7) is 4.82. The molecule has 0 aromatic heterocycles. The number of amides is 2. The molecule has 34 heavy (non-hydrogen) atoms. The minimum atomic E-state index is -0.609. The molecule has 2 saturated heterocycles. The Morgan fingerprint density at radius 2 is 1.94 bits per heavy atom. The lowest BCUT2D eigenvalue weighted by atomic mass is 9.84. The Morgan fingerprint density at radius 3 is 2.59 bits per heavy atom. The summed E-state index contributed by atoms with van der Waals surface area (Å²) in [7, 11) is 1.49. The maximum Gasteiger partial charge on any atom is 0.222 e. The van der Waals surface area contributed by atoms with Crippen LogP contribution < -0.4 is 15.0 Å². The molecule has 0 radical (unpaired) electrons. The zero-order valence-electron chi connectivity index (χ0n) is 19.7. The van der Waals surface area contributed by atoms with Crippen LogP contribution in [-0.4, -0.2) is 55.5 Å². The van der Waals surface area contributed by atoms with Gasteiger partial charge in [0.1, 0.15) is 11.6 Å². The molecule has 2 heterocycles. The first kappa shape index (κ1) is 24.3. The average molecular weight is 488 g/mol. The number of aryl methyl sites for hydroxylation is 1. The van der Waals surface area contributed by atoms with Crippen molar-refractivity contribution in [3.63, 3.8) is 0 Å². The third-order valence-corrected chi connectivity index (χ3v) is 7.22. The molecule has 4 rings (SSSR count). The normalized spacial score (nSPS) is 20.4. The summed E-state index contributed by atoms with van der Waals surface area (Å²) in [6.07, 6.45) is 2.13. The first-order chi connectivity index (χ1) is 16.3. The maximum absolute atomic E-state index is 14.6. The summed E-state index contributed by atoms with van der Waals surface area (Å²) in [5.74, 6) is 0.108. The van der Waals surface area contributed by atoms with Gasteiger partial charge in [-0.2, -0.15) is 0 Å². The number of carbonyl (C=O) groups excluding carboxylic acids is 2. The number of anilines is 1. The fraction of sp³-hybridized carbons (Fsp3) is 0.462. The van der Waals surface area contributed by atoms with Crippen LogP contribution in [0.5, 0.6) is 5.75 Å². The van der Waals surface area contributed by atoms with Crippen molar-refractivity contribution in [2.75, 3.05) is 38.2 Å². The molecule has 8 heteroatoms. The Morgan fingerprint density at radius 1 is 1.18 bits per heavy atom. The van der Waals surface area contributed by atoms with Crippen LogP contribution in [0.2, 0.25) is 5.02 Å². The van der Waals surface area contributed by atoms with Gasteiger partial charge in [-0.25, -0.2) is 4.39 Å². The summed E-state index contributed by atoms with van der Waals surface area (Å²) >= 11 is 6.17. The van der Waals surface area contributed by atoms with Crippen LogP contribution in [0.3, 0.4) is 0 Å². The number of benzene rings is 2. The molecule has 1 atom stereocenters. The van der Waals surface area contributed by atoms with E-state index in [-0.39, 0.29) is 17.6 Å². The minimum Gasteiger partial charge on any atom is -0.497 e. The standard InChI is InChI=1S/C26H31ClFN3O3/c1-18-3-5-20(27)15-23(18)30-11-13-31(14-12-30)25(33)8-10-26(9-7-24(32)29-26)17-19-4-6-21(34-2)16-22(19)28/h3-6,15-16H,7-14,17H2,1-2H3,(H,29,32). The second kappa shape index (κ2) is 10.2. The number of nitrogens with one attached hydrogen (secondary N) is 1. The van der Waals surface area contributed by atoms with E-state index in [4.69, 9.17) is 16.3 Å². The number of carbonyl (C=O) groups is 2. The fourth-order valence-electron chi connectivity index (χ4n) is 4.97. The molecule has 2 aliphatic heterocycles. The van der Waals surface area contributed by atoms with Gasteiger partial charge in [-0.3, -0.25) is 9.59 Å². The largest absolute Gasteiger partial charge is 0.497 e. The molecule has 2 fully saturated rings. The molecular formula is C26H31ClFN3O3. The predicted octanol–water partition coefficient (Wildman–Crippen LogP) is 4.12. The van der Waals surface area contributed by atoms with Crippen molar-refractivity contribution in [3.8, 4) is 5.75 Å². The van der Waals surface area contributed by atoms with E-state index in [0.29, 0.717) is 61.5 Å². The van der Waals surface area contributed by atoms with Crippen molar-refractivity contribution in [1.29, 1.82) is 0 Å². The first-order valence-corrected chi connectivity index (χ1v) is 12.1. The fourth-order valence-corrected chi connectivity index (χ4v) is 5.14. The van der Waals surface area contributed by atoms with Crippen molar-refractivity contribution < 1.29 is 18.7 Å². The predicted molar refractivity (Wildman–Crippen MR) is 131 cm³/mol. The molecule has 1 N–H and O–H groups in total. The van der Waals surface area contributed by atoms with Crippen molar-refractivity contribution in [3.05, 3.63) is 58.4 Å². The average Bonchev–Trinajstić information content (AvgIpc) is 3.21. The topological polar surface area (TPSA) is 61.9 Å². The van der Waals surface area contributed by atoms with E-state index in [1.807, 2.05) is 23.1 Å². The van der Waals surface area contributed by atoms with E-state index in [1.165, 1.54) is 13.2 Å². The Kier molecular flexibility index (Phi) is 7.31. The second-order valence-corrected chi connectivity index (χ2v) is 9.70. The molecule has 2 aromatic rings. The van der Waals surface area contributed by atoms with Crippen molar-refractivity contribution in [2.24, 2.45) is 0 Å². The maximum atomic E-state index is 14.6. The molecule has 2 aromatic carbocycles. The van der Waals surface area contributed by atoms with Crippen LogP contribution in [-0.2, 0) is 16.0 Å². The van der Waals surface area contributed by atoms with Crippen LogP contribution in [0.4, 0.5) is 10.1 Å². The summed E-state index contributed by atoms with van der Waals surface area (Å²) in [6, 6.07) is 10.6. The quantitative estimate of drug-likeness (QED) is 0.638. The number of ether oxygens (including phenoxy) is 1. The Labute approximate surface area is 205 Å². The number of methoxy groups -OCH3 is 1.